The molecule has 6 heteroatoms. The molecule has 0 fully saturated rings. The van der Waals surface area contributed by atoms with Crippen LogP contribution in [0.1, 0.15) is 16.8 Å². The van der Waals surface area contributed by atoms with Gasteiger partial charge in [0.05, 0.1) is 7.11 Å². The van der Waals surface area contributed by atoms with E-state index in [-0.39, 0.29) is 0 Å². The number of ether oxygens (including phenoxy) is 1. The lowest BCUT2D eigenvalue weighted by Gasteiger charge is -2.14. The molecule has 5 nitrogen and oxygen atoms in total. The summed E-state index contributed by atoms with van der Waals surface area (Å²) in [7, 11) is 1.54. The number of benzene rings is 1. The second-order valence-corrected chi connectivity index (χ2v) is 4.86. The summed E-state index contributed by atoms with van der Waals surface area (Å²) in [6.07, 6.45) is 2.29. The predicted molar refractivity (Wildman–Crippen MR) is 74.9 cm³/mol. The molecule has 19 heavy (non-hydrogen) atoms. The van der Waals surface area contributed by atoms with Crippen molar-refractivity contribution in [2.45, 2.75) is 12.5 Å². The third-order valence-corrected chi connectivity index (χ3v) is 3.21. The Balaban J connectivity index is 2.67. The van der Waals surface area contributed by atoms with Gasteiger partial charge in [0.2, 0.25) is 0 Å². The molecule has 1 atom stereocenters. The number of carbonyl (C=O) groups excluding carboxylic acids is 1. The summed E-state index contributed by atoms with van der Waals surface area (Å²) < 4.78 is 4.99. The minimum absolute atomic E-state index is 0.392. The zero-order chi connectivity index (χ0) is 14.3. The van der Waals surface area contributed by atoms with E-state index in [2.05, 4.69) is 5.32 Å². The number of nitrogens with one attached hydrogen (secondary N) is 1. The molecule has 0 radical (unpaired) electrons. The normalized spacial score (nSPS) is 11.7. The highest BCUT2D eigenvalue weighted by atomic mass is 32.2. The quantitative estimate of drug-likeness (QED) is 0.795. The first-order valence-electron chi connectivity index (χ1n) is 5.75. The van der Waals surface area contributed by atoms with Gasteiger partial charge in [-0.2, -0.15) is 11.8 Å². The van der Waals surface area contributed by atoms with Crippen LogP contribution in [0.25, 0.3) is 0 Å². The average molecular weight is 283 g/mol. The van der Waals surface area contributed by atoms with Crippen LogP contribution in [0, 0.1) is 0 Å². The molecule has 1 rings (SSSR count). The van der Waals surface area contributed by atoms with Gasteiger partial charge in [0.1, 0.15) is 11.8 Å². The van der Waals surface area contributed by atoms with Crippen molar-refractivity contribution in [3.05, 3.63) is 29.8 Å². The van der Waals surface area contributed by atoms with Crippen LogP contribution in [-0.2, 0) is 4.79 Å². The summed E-state index contributed by atoms with van der Waals surface area (Å²) in [6.45, 7) is 0. The van der Waals surface area contributed by atoms with E-state index in [1.54, 1.807) is 36.0 Å². The second-order valence-electron chi connectivity index (χ2n) is 3.87. The molecular weight excluding hydrogens is 266 g/mol. The van der Waals surface area contributed by atoms with E-state index in [1.807, 2.05) is 6.26 Å². The van der Waals surface area contributed by atoms with E-state index < -0.39 is 17.9 Å². The molecule has 0 unspecified atom stereocenters. The van der Waals surface area contributed by atoms with Crippen molar-refractivity contribution in [1.29, 1.82) is 0 Å². The van der Waals surface area contributed by atoms with E-state index in [9.17, 15) is 9.59 Å². The van der Waals surface area contributed by atoms with Gasteiger partial charge < -0.3 is 15.2 Å². The maximum atomic E-state index is 11.9. The van der Waals surface area contributed by atoms with Crippen LogP contribution in [0.5, 0.6) is 5.75 Å². The highest BCUT2D eigenvalue weighted by Gasteiger charge is 2.19. The maximum absolute atomic E-state index is 11.9. The zero-order valence-electron chi connectivity index (χ0n) is 10.9. The minimum atomic E-state index is -1.02. The van der Waals surface area contributed by atoms with Crippen LogP contribution in [-0.4, -0.2) is 42.1 Å². The van der Waals surface area contributed by atoms with E-state index in [0.717, 1.165) is 0 Å². The number of aliphatic carboxylic acids is 1. The molecular formula is C13H17NO4S. The fourth-order valence-corrected chi connectivity index (χ4v) is 1.95. The third-order valence-electron chi connectivity index (χ3n) is 2.57. The molecule has 1 aromatic rings. The average Bonchev–Trinajstić information content (AvgIpc) is 2.43. The van der Waals surface area contributed by atoms with Gasteiger partial charge in [-0.25, -0.2) is 4.79 Å². The molecule has 104 valence electrons. The van der Waals surface area contributed by atoms with E-state index in [4.69, 9.17) is 9.84 Å². The van der Waals surface area contributed by atoms with Crippen LogP contribution in [0.4, 0.5) is 0 Å². The molecule has 0 aromatic heterocycles. The molecule has 0 aliphatic carbocycles. The largest absolute Gasteiger partial charge is 0.497 e. The summed E-state index contributed by atoms with van der Waals surface area (Å²) in [6, 6.07) is 5.66. The van der Waals surface area contributed by atoms with Gasteiger partial charge in [-0.1, -0.05) is 0 Å². The molecule has 1 aromatic carbocycles. The standard InChI is InChI=1S/C13H17NO4S/c1-18-10-5-3-9(4-6-10)12(15)14-11(13(16)17)7-8-19-2/h3-6,11H,7-8H2,1-2H3,(H,14,15)(H,16,17)/t11-/m1/s1. The summed E-state index contributed by atoms with van der Waals surface area (Å²) in [5, 5.41) is 11.5. The molecule has 0 spiro atoms. The van der Waals surface area contributed by atoms with Crippen LogP contribution in [0.15, 0.2) is 24.3 Å². The summed E-state index contributed by atoms with van der Waals surface area (Å²) >= 11 is 1.54. The topological polar surface area (TPSA) is 75.6 Å². The second kappa shape index (κ2) is 7.68. The molecule has 0 aliphatic heterocycles. The fraction of sp³-hybridized carbons (Fsp3) is 0.385. The van der Waals surface area contributed by atoms with Gasteiger partial charge in [-0.05, 0) is 42.7 Å². The van der Waals surface area contributed by atoms with Crippen molar-refractivity contribution in [2.24, 2.45) is 0 Å². The Morgan fingerprint density at radius 3 is 2.47 bits per heavy atom. The fourth-order valence-electron chi connectivity index (χ4n) is 1.48. The molecule has 0 saturated heterocycles. The smallest absolute Gasteiger partial charge is 0.326 e. The molecule has 2 N–H and O–H groups in total. The highest BCUT2D eigenvalue weighted by Crippen LogP contribution is 2.11. The number of carboxylic acids is 1. The summed E-state index contributed by atoms with van der Waals surface area (Å²) in [5.41, 5.74) is 0.413. The lowest BCUT2D eigenvalue weighted by Crippen LogP contribution is -2.41. The monoisotopic (exact) mass is 283 g/mol. The van der Waals surface area contributed by atoms with Crippen molar-refractivity contribution in [3.63, 3.8) is 0 Å². The minimum Gasteiger partial charge on any atom is -0.497 e. The van der Waals surface area contributed by atoms with E-state index >= 15 is 0 Å². The number of carbonyl (C=O) groups is 2. The molecule has 0 aliphatic rings. The Hall–Kier alpha value is -1.69. The first kappa shape index (κ1) is 15.4. The number of methoxy groups -OCH3 is 1. The number of amides is 1. The molecule has 0 bridgehead atoms. The Labute approximate surface area is 116 Å². The lowest BCUT2D eigenvalue weighted by atomic mass is 10.1. The Kier molecular flexibility index (Phi) is 6.21. The first-order valence-corrected chi connectivity index (χ1v) is 7.14. The van der Waals surface area contributed by atoms with Gasteiger partial charge in [-0.3, -0.25) is 4.79 Å². The van der Waals surface area contributed by atoms with Crippen molar-refractivity contribution in [3.8, 4) is 5.75 Å². The number of hydrogen-bond donors (Lipinski definition) is 2. The number of thioether (sulfide) groups is 1. The third kappa shape index (κ3) is 4.82. The molecule has 1 amide bonds. The van der Waals surface area contributed by atoms with Gasteiger partial charge >= 0.3 is 5.97 Å². The molecule has 0 saturated carbocycles. The predicted octanol–water partition coefficient (Wildman–Crippen LogP) is 1.63. The van der Waals surface area contributed by atoms with Crippen LogP contribution < -0.4 is 10.1 Å². The number of rotatable bonds is 7. The first-order chi connectivity index (χ1) is 9.08. The van der Waals surface area contributed by atoms with Gasteiger partial charge in [-0.15, -0.1) is 0 Å². The van der Waals surface area contributed by atoms with Gasteiger partial charge in [0.25, 0.3) is 5.91 Å². The lowest BCUT2D eigenvalue weighted by molar-refractivity contribution is -0.139. The van der Waals surface area contributed by atoms with Gasteiger partial charge in [0, 0.05) is 5.56 Å². The van der Waals surface area contributed by atoms with Crippen LogP contribution in [0.3, 0.4) is 0 Å². The SMILES string of the molecule is COc1ccc(C(=O)N[C@H](CCSC)C(=O)O)cc1. The Morgan fingerprint density at radius 1 is 1.37 bits per heavy atom. The van der Waals surface area contributed by atoms with Gasteiger partial charge in [0.15, 0.2) is 0 Å². The van der Waals surface area contributed by atoms with Crippen LogP contribution >= 0.6 is 11.8 Å². The zero-order valence-corrected chi connectivity index (χ0v) is 11.7. The van der Waals surface area contributed by atoms with Crippen molar-refractivity contribution in [2.75, 3.05) is 19.1 Å². The van der Waals surface area contributed by atoms with Crippen molar-refractivity contribution >= 4 is 23.6 Å². The van der Waals surface area contributed by atoms with E-state index in [0.29, 0.717) is 23.5 Å². The van der Waals surface area contributed by atoms with Crippen molar-refractivity contribution in [1.82, 2.24) is 5.32 Å². The van der Waals surface area contributed by atoms with Crippen LogP contribution in [0.2, 0.25) is 0 Å². The Bertz CT molecular complexity index is 433. The molecule has 0 heterocycles. The number of hydrogen-bond acceptors (Lipinski definition) is 4. The Morgan fingerprint density at radius 2 is 2.00 bits per heavy atom. The van der Waals surface area contributed by atoms with E-state index in [1.165, 1.54) is 7.11 Å². The van der Waals surface area contributed by atoms with Crippen molar-refractivity contribution < 1.29 is 19.4 Å². The number of carboxylic acid groups (broad SMARTS) is 1. The summed E-state index contributed by atoms with van der Waals surface area (Å²) in [4.78, 5) is 22.9. The maximum Gasteiger partial charge on any atom is 0.326 e. The highest BCUT2D eigenvalue weighted by molar-refractivity contribution is 7.98. The summed E-state index contributed by atoms with van der Waals surface area (Å²) in [5.74, 6) is -0.0827.